The molecule has 3 rings (SSSR count). The van der Waals surface area contributed by atoms with Crippen LogP contribution in [0, 0.1) is 17.0 Å². The van der Waals surface area contributed by atoms with Gasteiger partial charge >= 0.3 is 0 Å². The molecule has 2 aromatic carbocycles. The second-order valence-corrected chi connectivity index (χ2v) is 8.89. The summed E-state index contributed by atoms with van der Waals surface area (Å²) in [5.41, 5.74) is 0.154. The first-order valence-corrected chi connectivity index (χ1v) is 10.6. The molecule has 0 radical (unpaired) electrons. The van der Waals surface area contributed by atoms with E-state index in [0.717, 1.165) is 24.5 Å². The molecule has 0 bridgehead atoms. The fourth-order valence-electron chi connectivity index (χ4n) is 2.56. The number of anilines is 2. The van der Waals surface area contributed by atoms with Gasteiger partial charge in [-0.25, -0.2) is 27.2 Å². The molecular weight excluding hydrogens is 428 g/mol. The molecule has 0 aliphatic rings. The van der Waals surface area contributed by atoms with E-state index in [9.17, 15) is 22.4 Å². The maximum Gasteiger partial charge on any atom is 0.201 e. The number of rotatable bonds is 6. The highest BCUT2D eigenvalue weighted by molar-refractivity contribution is 7.90. The zero-order chi connectivity index (χ0) is 21.3. The molecule has 0 atom stereocenters. The molecule has 0 aliphatic carbocycles. The third-order valence-corrected chi connectivity index (χ3v) is 5.21. The monoisotopic (exact) mass is 443 g/mol. The topological polar surface area (TPSA) is 122 Å². The Balaban J connectivity index is 1.93. The molecule has 8 nitrogen and oxygen atoms in total. The molecule has 1 heterocycles. The smallest absolute Gasteiger partial charge is 0.201 e. The average molecular weight is 444 g/mol. The van der Waals surface area contributed by atoms with Crippen LogP contribution in [0.2, 0.25) is 5.02 Å². The summed E-state index contributed by atoms with van der Waals surface area (Å²) in [5, 5.41) is 21.6. The number of nitrogens with zero attached hydrogens (tertiary/aromatic N) is 2. The van der Waals surface area contributed by atoms with Crippen LogP contribution in [-0.4, -0.2) is 48.0 Å². The van der Waals surface area contributed by atoms with Crippen molar-refractivity contribution >= 4 is 49.9 Å². The first kappa shape index (κ1) is 21.0. The minimum atomic E-state index is -3.19. The number of hydrogen-bond donors (Lipinski definition) is 4. The lowest BCUT2D eigenvalue weighted by Crippen LogP contribution is -2.27. The normalized spacial score (nSPS) is 11.6. The average Bonchev–Trinajstić information content (AvgIpc) is 3.07. The van der Waals surface area contributed by atoms with Crippen LogP contribution in [0.5, 0.6) is 0 Å². The molecule has 0 fully saturated rings. The Morgan fingerprint density at radius 1 is 1.31 bits per heavy atom. The number of fused-ring (bicyclic) bond motifs is 1. The summed E-state index contributed by atoms with van der Waals surface area (Å²) in [6.07, 6.45) is 1.09. The van der Waals surface area contributed by atoms with E-state index in [2.05, 4.69) is 15.3 Å². The molecule has 12 heteroatoms. The van der Waals surface area contributed by atoms with Crippen LogP contribution in [0.3, 0.4) is 0 Å². The molecule has 0 aliphatic heterocycles. The van der Waals surface area contributed by atoms with Crippen LogP contribution < -0.4 is 10.4 Å². The largest absolute Gasteiger partial charge is 0.355 e. The number of hydrogen-bond acceptors (Lipinski definition) is 6. The minimum absolute atomic E-state index is 0.0323. The van der Waals surface area contributed by atoms with E-state index in [0.29, 0.717) is 5.06 Å². The zero-order valence-electron chi connectivity index (χ0n) is 15.0. The zero-order valence-corrected chi connectivity index (χ0v) is 16.6. The van der Waals surface area contributed by atoms with Crippen molar-refractivity contribution in [2.24, 2.45) is 0 Å². The number of sulfone groups is 1. The van der Waals surface area contributed by atoms with Gasteiger partial charge in [0.05, 0.1) is 22.0 Å². The Hall–Kier alpha value is -2.76. The highest BCUT2D eigenvalue weighted by Crippen LogP contribution is 2.26. The standard InChI is InChI=1S/C17H16ClF2N5O3S/c1-29(27,28)7-6-22-17-23-14-10(3-5-13(20)15(14)24-17)16(21)25(26)9-2-4-12(19)11(18)8-9/h2-5,8,21,26H,6-7H2,1H3,(H2,22,23,24). The molecule has 29 heavy (non-hydrogen) atoms. The number of benzene rings is 2. The van der Waals surface area contributed by atoms with Gasteiger partial charge in [-0.2, -0.15) is 0 Å². The molecule has 0 spiro atoms. The summed E-state index contributed by atoms with van der Waals surface area (Å²) in [4.78, 5) is 6.81. The number of H-pyrrole nitrogens is 1. The fourth-order valence-corrected chi connectivity index (χ4v) is 3.20. The highest BCUT2D eigenvalue weighted by atomic mass is 35.5. The van der Waals surface area contributed by atoms with Crippen LogP contribution in [0.1, 0.15) is 5.56 Å². The molecule has 0 saturated heterocycles. The Kier molecular flexibility index (Phi) is 5.73. The van der Waals surface area contributed by atoms with Gasteiger partial charge in [-0.05, 0) is 30.3 Å². The van der Waals surface area contributed by atoms with Crippen LogP contribution >= 0.6 is 11.6 Å². The van der Waals surface area contributed by atoms with Crippen molar-refractivity contribution in [3.8, 4) is 0 Å². The fraction of sp³-hybridized carbons (Fsp3) is 0.176. The van der Waals surface area contributed by atoms with Crippen LogP contribution in [-0.2, 0) is 9.84 Å². The van der Waals surface area contributed by atoms with Gasteiger partial charge in [0.15, 0.2) is 11.7 Å². The molecule has 4 N–H and O–H groups in total. The third-order valence-electron chi connectivity index (χ3n) is 3.98. The predicted molar refractivity (Wildman–Crippen MR) is 107 cm³/mol. The van der Waals surface area contributed by atoms with Crippen molar-refractivity contribution in [3.63, 3.8) is 0 Å². The van der Waals surface area contributed by atoms with E-state index >= 15 is 0 Å². The number of aromatic amines is 1. The van der Waals surface area contributed by atoms with E-state index in [1.165, 1.54) is 12.1 Å². The van der Waals surface area contributed by atoms with E-state index < -0.39 is 27.3 Å². The number of nitrogens with one attached hydrogen (secondary N) is 3. The second-order valence-electron chi connectivity index (χ2n) is 6.22. The van der Waals surface area contributed by atoms with Crippen molar-refractivity contribution in [1.82, 2.24) is 9.97 Å². The maximum absolute atomic E-state index is 14.2. The summed E-state index contributed by atoms with van der Waals surface area (Å²) >= 11 is 5.71. The Bertz CT molecular complexity index is 1200. The van der Waals surface area contributed by atoms with Crippen molar-refractivity contribution in [3.05, 3.63) is 52.6 Å². The Morgan fingerprint density at radius 3 is 2.66 bits per heavy atom. The first-order valence-electron chi connectivity index (χ1n) is 8.19. The van der Waals surface area contributed by atoms with E-state index in [-0.39, 0.29) is 45.6 Å². The lowest BCUT2D eigenvalue weighted by Gasteiger charge is -2.18. The SMILES string of the molecule is CS(=O)(=O)CCNc1nc2c(F)ccc(C(=N)N(O)c3ccc(F)c(Cl)c3)c2[nH]1. The van der Waals surface area contributed by atoms with Gasteiger partial charge < -0.3 is 10.3 Å². The lowest BCUT2D eigenvalue weighted by atomic mass is 10.1. The molecule has 1 aromatic heterocycles. The van der Waals surface area contributed by atoms with E-state index in [1.807, 2.05) is 0 Å². The predicted octanol–water partition coefficient (Wildman–Crippen LogP) is 3.17. The number of amidine groups is 1. The first-order chi connectivity index (χ1) is 13.6. The highest BCUT2D eigenvalue weighted by Gasteiger charge is 2.20. The molecule has 3 aromatic rings. The lowest BCUT2D eigenvalue weighted by molar-refractivity contribution is 0.312. The third kappa shape index (κ3) is 4.63. The van der Waals surface area contributed by atoms with Gasteiger partial charge in [-0.1, -0.05) is 11.6 Å². The van der Waals surface area contributed by atoms with Gasteiger partial charge in [0.1, 0.15) is 21.2 Å². The minimum Gasteiger partial charge on any atom is -0.355 e. The van der Waals surface area contributed by atoms with Gasteiger partial charge in [0, 0.05) is 18.4 Å². The van der Waals surface area contributed by atoms with Crippen molar-refractivity contribution in [1.29, 1.82) is 5.41 Å². The molecule has 0 unspecified atom stereocenters. The van der Waals surface area contributed by atoms with Crippen molar-refractivity contribution in [2.45, 2.75) is 0 Å². The van der Waals surface area contributed by atoms with Crippen LogP contribution in [0.25, 0.3) is 11.0 Å². The van der Waals surface area contributed by atoms with Gasteiger partial charge in [0.25, 0.3) is 0 Å². The van der Waals surface area contributed by atoms with Gasteiger partial charge in [0.2, 0.25) is 5.95 Å². The molecule has 0 amide bonds. The van der Waals surface area contributed by atoms with Crippen molar-refractivity contribution in [2.75, 3.05) is 28.9 Å². The van der Waals surface area contributed by atoms with E-state index in [4.69, 9.17) is 17.0 Å². The Labute approximate surface area is 169 Å². The van der Waals surface area contributed by atoms with Gasteiger partial charge in [-0.15, -0.1) is 0 Å². The maximum atomic E-state index is 14.2. The van der Waals surface area contributed by atoms with Gasteiger partial charge in [-0.3, -0.25) is 10.6 Å². The summed E-state index contributed by atoms with van der Waals surface area (Å²) in [5.74, 6) is -1.83. The summed E-state index contributed by atoms with van der Waals surface area (Å²) in [7, 11) is -3.19. The summed E-state index contributed by atoms with van der Waals surface area (Å²) in [6.45, 7) is 0.0489. The van der Waals surface area contributed by atoms with Crippen molar-refractivity contribution < 1.29 is 22.4 Å². The van der Waals surface area contributed by atoms with Crippen LogP contribution in [0.4, 0.5) is 20.4 Å². The second kappa shape index (κ2) is 7.93. The quantitative estimate of drug-likeness (QED) is 0.264. The number of hydroxylamine groups is 1. The molecular formula is C17H16ClF2N5O3S. The summed E-state index contributed by atoms with van der Waals surface area (Å²) in [6, 6.07) is 5.75. The van der Waals surface area contributed by atoms with E-state index in [1.54, 1.807) is 0 Å². The van der Waals surface area contributed by atoms with Crippen LogP contribution in [0.15, 0.2) is 30.3 Å². The Morgan fingerprint density at radius 2 is 2.00 bits per heavy atom. The molecule has 154 valence electrons. The molecule has 0 saturated carbocycles. The number of halogens is 3. The number of imidazole rings is 1. The summed E-state index contributed by atoms with van der Waals surface area (Å²) < 4.78 is 49.9. The number of aromatic nitrogens is 2.